The van der Waals surface area contributed by atoms with Crippen molar-refractivity contribution < 1.29 is 9.53 Å². The highest BCUT2D eigenvalue weighted by atomic mass is 32.2. The van der Waals surface area contributed by atoms with Gasteiger partial charge in [0.05, 0.1) is 0 Å². The molecule has 0 aliphatic carbocycles. The van der Waals surface area contributed by atoms with Crippen molar-refractivity contribution in [2.45, 2.75) is 24.8 Å². The Morgan fingerprint density at radius 3 is 2.50 bits per heavy atom. The standard InChI is InChI=1S/C18H21NO2S/c1-14-8-10-16(11-9-14)21-15(2)18(20)19-12-13-22-17-6-4-3-5-7-17/h3-11,15H,12-13H2,1-2H3,(H,19,20)/t15-/m0/s1. The van der Waals surface area contributed by atoms with Gasteiger partial charge in [-0.25, -0.2) is 0 Å². The second-order valence-electron chi connectivity index (χ2n) is 5.03. The third-order valence-electron chi connectivity index (χ3n) is 3.12. The van der Waals surface area contributed by atoms with E-state index in [-0.39, 0.29) is 5.91 Å². The van der Waals surface area contributed by atoms with Crippen molar-refractivity contribution in [3.05, 3.63) is 60.2 Å². The molecule has 2 aromatic rings. The van der Waals surface area contributed by atoms with Crippen molar-refractivity contribution in [2.75, 3.05) is 12.3 Å². The fourth-order valence-electron chi connectivity index (χ4n) is 1.88. The minimum absolute atomic E-state index is 0.0887. The third-order valence-corrected chi connectivity index (χ3v) is 4.13. The van der Waals surface area contributed by atoms with Crippen LogP contribution in [0.1, 0.15) is 12.5 Å². The van der Waals surface area contributed by atoms with Crippen LogP contribution < -0.4 is 10.1 Å². The molecule has 0 aromatic heterocycles. The van der Waals surface area contributed by atoms with Gasteiger partial charge in [0.25, 0.3) is 5.91 Å². The van der Waals surface area contributed by atoms with Gasteiger partial charge in [0.2, 0.25) is 0 Å². The van der Waals surface area contributed by atoms with Crippen LogP contribution in [-0.2, 0) is 4.79 Å². The molecule has 0 saturated heterocycles. The van der Waals surface area contributed by atoms with Gasteiger partial charge in [-0.3, -0.25) is 4.79 Å². The van der Waals surface area contributed by atoms with Crippen molar-refractivity contribution in [2.24, 2.45) is 0 Å². The molecule has 3 nitrogen and oxygen atoms in total. The summed E-state index contributed by atoms with van der Waals surface area (Å²) in [5.41, 5.74) is 1.17. The van der Waals surface area contributed by atoms with Gasteiger partial charge in [0, 0.05) is 17.2 Å². The largest absolute Gasteiger partial charge is 0.481 e. The maximum atomic E-state index is 12.0. The van der Waals surface area contributed by atoms with Gasteiger partial charge in [-0.2, -0.15) is 0 Å². The van der Waals surface area contributed by atoms with Crippen LogP contribution in [0.4, 0.5) is 0 Å². The highest BCUT2D eigenvalue weighted by molar-refractivity contribution is 7.99. The number of ether oxygens (including phenoxy) is 1. The maximum Gasteiger partial charge on any atom is 0.260 e. The first-order chi connectivity index (χ1) is 10.6. The highest BCUT2D eigenvalue weighted by Gasteiger charge is 2.13. The third kappa shape index (κ3) is 5.45. The Morgan fingerprint density at radius 2 is 1.82 bits per heavy atom. The van der Waals surface area contributed by atoms with Crippen molar-refractivity contribution >= 4 is 17.7 Å². The zero-order valence-corrected chi connectivity index (χ0v) is 13.7. The molecule has 0 fully saturated rings. The zero-order valence-electron chi connectivity index (χ0n) is 12.9. The summed E-state index contributed by atoms with van der Waals surface area (Å²) in [6.45, 7) is 4.41. The van der Waals surface area contributed by atoms with E-state index in [9.17, 15) is 4.79 Å². The summed E-state index contributed by atoms with van der Waals surface area (Å²) in [5.74, 6) is 1.47. The molecule has 1 atom stereocenters. The number of nitrogens with one attached hydrogen (secondary N) is 1. The first kappa shape index (κ1) is 16.4. The van der Waals surface area contributed by atoms with Crippen molar-refractivity contribution in [3.63, 3.8) is 0 Å². The molecule has 22 heavy (non-hydrogen) atoms. The van der Waals surface area contributed by atoms with E-state index in [1.807, 2.05) is 49.4 Å². The number of hydrogen-bond donors (Lipinski definition) is 1. The smallest absolute Gasteiger partial charge is 0.260 e. The quantitative estimate of drug-likeness (QED) is 0.626. The second kappa shape index (κ2) is 8.49. The number of amides is 1. The predicted octanol–water partition coefficient (Wildman–Crippen LogP) is 3.67. The van der Waals surface area contributed by atoms with Crippen LogP contribution in [0.3, 0.4) is 0 Å². The second-order valence-corrected chi connectivity index (χ2v) is 6.19. The molecule has 2 aromatic carbocycles. The number of rotatable bonds is 7. The molecule has 0 spiro atoms. The monoisotopic (exact) mass is 315 g/mol. The van der Waals surface area contributed by atoms with Crippen LogP contribution in [0, 0.1) is 6.92 Å². The number of carbonyl (C=O) groups excluding carboxylic acids is 1. The molecule has 116 valence electrons. The van der Waals surface area contributed by atoms with E-state index in [2.05, 4.69) is 17.4 Å². The van der Waals surface area contributed by atoms with Crippen LogP contribution in [-0.4, -0.2) is 24.3 Å². The van der Waals surface area contributed by atoms with Crippen LogP contribution in [0.2, 0.25) is 0 Å². The van der Waals surface area contributed by atoms with E-state index in [4.69, 9.17) is 4.74 Å². The van der Waals surface area contributed by atoms with E-state index >= 15 is 0 Å². The molecule has 1 amide bonds. The van der Waals surface area contributed by atoms with Gasteiger partial charge >= 0.3 is 0 Å². The first-order valence-corrected chi connectivity index (χ1v) is 8.32. The van der Waals surface area contributed by atoms with Crippen LogP contribution in [0.25, 0.3) is 0 Å². The molecule has 0 bridgehead atoms. The summed E-state index contributed by atoms with van der Waals surface area (Å²) in [6, 6.07) is 17.8. The molecule has 0 aliphatic rings. The Kier molecular flexibility index (Phi) is 6.34. The van der Waals surface area contributed by atoms with E-state index in [0.717, 1.165) is 5.75 Å². The number of benzene rings is 2. The van der Waals surface area contributed by atoms with E-state index in [0.29, 0.717) is 12.3 Å². The Bertz CT molecular complexity index is 584. The highest BCUT2D eigenvalue weighted by Crippen LogP contribution is 2.16. The van der Waals surface area contributed by atoms with Crippen LogP contribution in [0.5, 0.6) is 5.75 Å². The average Bonchev–Trinajstić information content (AvgIpc) is 2.54. The summed E-state index contributed by atoms with van der Waals surface area (Å²) < 4.78 is 5.63. The Balaban J connectivity index is 1.69. The van der Waals surface area contributed by atoms with Gasteiger partial charge in [0.1, 0.15) is 5.75 Å². The van der Waals surface area contributed by atoms with Crippen LogP contribution in [0.15, 0.2) is 59.5 Å². The Labute approximate surface area is 136 Å². The van der Waals surface area contributed by atoms with Gasteiger partial charge in [-0.1, -0.05) is 35.9 Å². The fourth-order valence-corrected chi connectivity index (χ4v) is 2.67. The number of thioether (sulfide) groups is 1. The summed E-state index contributed by atoms with van der Waals surface area (Å²) >= 11 is 1.72. The normalized spacial score (nSPS) is 11.7. The SMILES string of the molecule is Cc1ccc(O[C@@H](C)C(=O)NCCSc2ccccc2)cc1. The molecule has 0 unspecified atom stereocenters. The lowest BCUT2D eigenvalue weighted by Gasteiger charge is -2.14. The lowest BCUT2D eigenvalue weighted by atomic mass is 10.2. The van der Waals surface area contributed by atoms with Gasteiger partial charge in [-0.05, 0) is 38.1 Å². The van der Waals surface area contributed by atoms with Gasteiger partial charge in [-0.15, -0.1) is 11.8 Å². The molecule has 0 radical (unpaired) electrons. The Hall–Kier alpha value is -1.94. The summed E-state index contributed by atoms with van der Waals surface area (Å²) in [4.78, 5) is 13.2. The summed E-state index contributed by atoms with van der Waals surface area (Å²) in [7, 11) is 0. The lowest BCUT2D eigenvalue weighted by molar-refractivity contribution is -0.127. The molecule has 0 aliphatic heterocycles. The molecule has 4 heteroatoms. The first-order valence-electron chi connectivity index (χ1n) is 7.34. The molecule has 0 heterocycles. The fraction of sp³-hybridized carbons (Fsp3) is 0.278. The minimum Gasteiger partial charge on any atom is -0.481 e. The minimum atomic E-state index is -0.496. The Morgan fingerprint density at radius 1 is 1.14 bits per heavy atom. The van der Waals surface area contributed by atoms with Crippen molar-refractivity contribution in [3.8, 4) is 5.75 Å². The van der Waals surface area contributed by atoms with Crippen LogP contribution >= 0.6 is 11.8 Å². The lowest BCUT2D eigenvalue weighted by Crippen LogP contribution is -2.37. The number of aryl methyl sites for hydroxylation is 1. The number of hydrogen-bond acceptors (Lipinski definition) is 3. The molecular weight excluding hydrogens is 294 g/mol. The van der Waals surface area contributed by atoms with Gasteiger partial charge < -0.3 is 10.1 Å². The van der Waals surface area contributed by atoms with Crippen molar-refractivity contribution in [1.82, 2.24) is 5.32 Å². The van der Waals surface area contributed by atoms with E-state index in [1.54, 1.807) is 18.7 Å². The predicted molar refractivity (Wildman–Crippen MR) is 91.4 cm³/mol. The zero-order chi connectivity index (χ0) is 15.8. The maximum absolute atomic E-state index is 12.0. The molecule has 0 saturated carbocycles. The molecular formula is C18H21NO2S. The molecule has 2 rings (SSSR count). The topological polar surface area (TPSA) is 38.3 Å². The summed E-state index contributed by atoms with van der Waals surface area (Å²) in [5, 5.41) is 2.90. The average molecular weight is 315 g/mol. The van der Waals surface area contributed by atoms with Gasteiger partial charge in [0.15, 0.2) is 6.10 Å². The number of carbonyl (C=O) groups is 1. The summed E-state index contributed by atoms with van der Waals surface area (Å²) in [6.07, 6.45) is -0.496. The van der Waals surface area contributed by atoms with E-state index < -0.39 is 6.10 Å². The van der Waals surface area contributed by atoms with Crippen molar-refractivity contribution in [1.29, 1.82) is 0 Å². The van der Waals surface area contributed by atoms with E-state index in [1.165, 1.54) is 10.5 Å². The molecule has 1 N–H and O–H groups in total.